The minimum atomic E-state index is -0.353. The Labute approximate surface area is 143 Å². The van der Waals surface area contributed by atoms with Gasteiger partial charge in [0.2, 0.25) is 5.88 Å². The number of benzene rings is 1. The Morgan fingerprint density at radius 1 is 1.33 bits per heavy atom. The number of ether oxygens (including phenoxy) is 2. The van der Waals surface area contributed by atoms with Gasteiger partial charge in [0.25, 0.3) is 0 Å². The average Bonchev–Trinajstić information content (AvgIpc) is 3.07. The molecule has 122 valence electrons. The second-order valence-corrected chi connectivity index (χ2v) is 6.58. The van der Waals surface area contributed by atoms with Gasteiger partial charge in [0, 0.05) is 15.8 Å². The molecule has 0 saturated heterocycles. The first kappa shape index (κ1) is 15.0. The molecule has 2 aromatic heterocycles. The van der Waals surface area contributed by atoms with Crippen LogP contribution in [-0.2, 0) is 13.1 Å². The third-order valence-electron chi connectivity index (χ3n) is 3.87. The first-order chi connectivity index (χ1) is 11.7. The summed E-state index contributed by atoms with van der Waals surface area (Å²) in [7, 11) is 0. The highest BCUT2D eigenvalue weighted by Gasteiger charge is 2.26. The molecule has 0 radical (unpaired) electrons. The molecule has 4 rings (SSSR count). The number of carbonyl (C=O) groups excluding carboxylic acids is 1. The molecule has 0 atom stereocenters. The number of hydrogen-bond donors (Lipinski definition) is 0. The SMILES string of the molecule is CCOc1ccc2nc3c(cc2c1)CN(Cc1cccs1)C(=O)O3. The molecule has 6 heteroatoms. The van der Waals surface area contributed by atoms with Gasteiger partial charge in [0.15, 0.2) is 0 Å². The average molecular weight is 340 g/mol. The number of fused-ring (bicyclic) bond motifs is 2. The summed E-state index contributed by atoms with van der Waals surface area (Å²) >= 11 is 1.63. The molecule has 1 amide bonds. The van der Waals surface area contributed by atoms with Crippen LogP contribution in [0.1, 0.15) is 17.4 Å². The highest BCUT2D eigenvalue weighted by atomic mass is 32.1. The minimum absolute atomic E-state index is 0.353. The molecule has 1 aromatic carbocycles. The fourth-order valence-corrected chi connectivity index (χ4v) is 3.49. The molecule has 3 aromatic rings. The standard InChI is InChI=1S/C18H16N2O3S/c1-2-22-14-5-6-16-12(9-14)8-13-10-20(11-15-4-3-7-24-15)18(21)23-17(13)19-16/h3-9H,2,10-11H2,1H3. The lowest BCUT2D eigenvalue weighted by atomic mass is 10.1. The normalized spacial score (nSPS) is 13.7. The number of carbonyl (C=O) groups is 1. The Morgan fingerprint density at radius 2 is 2.25 bits per heavy atom. The fourth-order valence-electron chi connectivity index (χ4n) is 2.77. The fraction of sp³-hybridized carbons (Fsp3) is 0.222. The lowest BCUT2D eigenvalue weighted by Gasteiger charge is -2.27. The smallest absolute Gasteiger partial charge is 0.417 e. The van der Waals surface area contributed by atoms with Crippen molar-refractivity contribution in [2.24, 2.45) is 0 Å². The molecule has 0 spiro atoms. The Morgan fingerprint density at radius 3 is 3.04 bits per heavy atom. The van der Waals surface area contributed by atoms with Gasteiger partial charge in [-0.05, 0) is 42.6 Å². The van der Waals surface area contributed by atoms with Crippen molar-refractivity contribution in [2.45, 2.75) is 20.0 Å². The zero-order valence-corrected chi connectivity index (χ0v) is 14.0. The highest BCUT2D eigenvalue weighted by Crippen LogP contribution is 2.30. The Balaban J connectivity index is 1.66. The van der Waals surface area contributed by atoms with Crippen LogP contribution >= 0.6 is 11.3 Å². The van der Waals surface area contributed by atoms with Crippen LogP contribution in [0.2, 0.25) is 0 Å². The molecule has 0 unspecified atom stereocenters. The zero-order chi connectivity index (χ0) is 16.5. The molecule has 24 heavy (non-hydrogen) atoms. The van der Waals surface area contributed by atoms with E-state index in [9.17, 15) is 4.79 Å². The zero-order valence-electron chi connectivity index (χ0n) is 13.2. The third-order valence-corrected chi connectivity index (χ3v) is 4.73. The first-order valence-electron chi connectivity index (χ1n) is 7.78. The third kappa shape index (κ3) is 2.80. The van der Waals surface area contributed by atoms with Gasteiger partial charge in [-0.3, -0.25) is 4.90 Å². The molecule has 0 N–H and O–H groups in total. The monoisotopic (exact) mass is 340 g/mol. The van der Waals surface area contributed by atoms with E-state index in [4.69, 9.17) is 9.47 Å². The number of aromatic nitrogens is 1. The van der Waals surface area contributed by atoms with Gasteiger partial charge in [0.05, 0.1) is 25.2 Å². The molecule has 1 aliphatic heterocycles. The molecule has 0 aliphatic carbocycles. The van der Waals surface area contributed by atoms with Crippen LogP contribution < -0.4 is 9.47 Å². The molecule has 1 aliphatic rings. The highest BCUT2D eigenvalue weighted by molar-refractivity contribution is 7.09. The van der Waals surface area contributed by atoms with Gasteiger partial charge >= 0.3 is 6.09 Å². The summed E-state index contributed by atoms with van der Waals surface area (Å²) in [6.07, 6.45) is -0.353. The lowest BCUT2D eigenvalue weighted by molar-refractivity contribution is 0.133. The molecule has 0 saturated carbocycles. The van der Waals surface area contributed by atoms with E-state index >= 15 is 0 Å². The van der Waals surface area contributed by atoms with Crippen molar-refractivity contribution in [3.05, 3.63) is 52.2 Å². The molecular formula is C18H16N2O3S. The maximum absolute atomic E-state index is 12.2. The van der Waals surface area contributed by atoms with Crippen molar-refractivity contribution in [3.8, 4) is 11.6 Å². The van der Waals surface area contributed by atoms with Crippen LogP contribution in [0.5, 0.6) is 11.6 Å². The molecular weight excluding hydrogens is 324 g/mol. The summed E-state index contributed by atoms with van der Waals surface area (Å²) in [6, 6.07) is 11.7. The number of amides is 1. The van der Waals surface area contributed by atoms with Gasteiger partial charge in [-0.2, -0.15) is 0 Å². The number of hydrogen-bond acceptors (Lipinski definition) is 5. The number of nitrogens with zero attached hydrogens (tertiary/aromatic N) is 2. The van der Waals surface area contributed by atoms with Crippen molar-refractivity contribution >= 4 is 28.3 Å². The summed E-state index contributed by atoms with van der Waals surface area (Å²) in [5.41, 5.74) is 1.70. The Kier molecular flexibility index (Phi) is 3.82. The van der Waals surface area contributed by atoms with Gasteiger partial charge in [-0.25, -0.2) is 9.78 Å². The van der Waals surface area contributed by atoms with Gasteiger partial charge < -0.3 is 9.47 Å². The van der Waals surface area contributed by atoms with Gasteiger partial charge in [-0.1, -0.05) is 6.07 Å². The minimum Gasteiger partial charge on any atom is -0.494 e. The molecule has 0 fully saturated rings. The maximum atomic E-state index is 12.2. The van der Waals surface area contributed by atoms with Crippen molar-refractivity contribution in [1.29, 1.82) is 0 Å². The van der Waals surface area contributed by atoms with Crippen LogP contribution in [0.25, 0.3) is 10.9 Å². The van der Waals surface area contributed by atoms with Crippen molar-refractivity contribution in [3.63, 3.8) is 0 Å². The molecule has 5 nitrogen and oxygen atoms in total. The lowest BCUT2D eigenvalue weighted by Crippen LogP contribution is -2.36. The van der Waals surface area contributed by atoms with E-state index in [1.165, 1.54) is 0 Å². The van der Waals surface area contributed by atoms with Crippen LogP contribution in [0.3, 0.4) is 0 Å². The van der Waals surface area contributed by atoms with E-state index in [-0.39, 0.29) is 6.09 Å². The number of rotatable bonds is 4. The second-order valence-electron chi connectivity index (χ2n) is 5.54. The van der Waals surface area contributed by atoms with Gasteiger partial charge in [-0.15, -0.1) is 11.3 Å². The van der Waals surface area contributed by atoms with Crippen LogP contribution in [0.15, 0.2) is 41.8 Å². The predicted octanol–water partition coefficient (Wildman–Crippen LogP) is 4.21. The predicted molar refractivity (Wildman–Crippen MR) is 92.5 cm³/mol. The van der Waals surface area contributed by atoms with E-state index < -0.39 is 0 Å². The summed E-state index contributed by atoms with van der Waals surface area (Å²) in [5.74, 6) is 1.22. The van der Waals surface area contributed by atoms with E-state index in [1.807, 2.05) is 48.7 Å². The summed E-state index contributed by atoms with van der Waals surface area (Å²) in [6.45, 7) is 3.62. The first-order valence-corrected chi connectivity index (χ1v) is 8.66. The van der Waals surface area contributed by atoms with E-state index in [1.54, 1.807) is 16.2 Å². The summed E-state index contributed by atoms with van der Waals surface area (Å²) < 4.78 is 11.0. The van der Waals surface area contributed by atoms with E-state index in [0.29, 0.717) is 25.6 Å². The Bertz CT molecular complexity index is 893. The topological polar surface area (TPSA) is 51.7 Å². The molecule has 3 heterocycles. The van der Waals surface area contributed by atoms with E-state index in [2.05, 4.69) is 4.98 Å². The van der Waals surface area contributed by atoms with Crippen LogP contribution in [-0.4, -0.2) is 22.6 Å². The van der Waals surface area contributed by atoms with E-state index in [0.717, 1.165) is 27.1 Å². The largest absolute Gasteiger partial charge is 0.494 e. The van der Waals surface area contributed by atoms with Crippen LogP contribution in [0.4, 0.5) is 4.79 Å². The van der Waals surface area contributed by atoms with Crippen molar-refractivity contribution < 1.29 is 14.3 Å². The quantitative estimate of drug-likeness (QED) is 0.714. The maximum Gasteiger partial charge on any atom is 0.417 e. The Hall–Kier alpha value is -2.60. The summed E-state index contributed by atoms with van der Waals surface area (Å²) in [5, 5.41) is 2.98. The number of pyridine rings is 1. The van der Waals surface area contributed by atoms with Gasteiger partial charge in [0.1, 0.15) is 5.75 Å². The molecule has 0 bridgehead atoms. The summed E-state index contributed by atoms with van der Waals surface area (Å²) in [4.78, 5) is 19.5. The van der Waals surface area contributed by atoms with Crippen LogP contribution in [0, 0.1) is 0 Å². The second kappa shape index (κ2) is 6.13. The van der Waals surface area contributed by atoms with Crippen molar-refractivity contribution in [1.82, 2.24) is 9.88 Å². The number of thiophene rings is 1. The van der Waals surface area contributed by atoms with Crippen molar-refractivity contribution in [2.75, 3.05) is 6.61 Å².